The van der Waals surface area contributed by atoms with Gasteiger partial charge in [-0.05, 0) is 12.8 Å². The van der Waals surface area contributed by atoms with E-state index in [1.807, 2.05) is 6.08 Å². The second-order valence-electron chi connectivity index (χ2n) is 3.84. The molecule has 1 nitrogen and oxygen atoms in total. The van der Waals surface area contributed by atoms with E-state index in [-0.39, 0.29) is 0 Å². The van der Waals surface area contributed by atoms with Gasteiger partial charge < -0.3 is 0 Å². The van der Waals surface area contributed by atoms with Gasteiger partial charge in [0.25, 0.3) is 0 Å². The molecule has 0 radical (unpaired) electrons. The predicted octanol–water partition coefficient (Wildman–Crippen LogP) is 3.77. The molecule has 1 rings (SSSR count). The lowest BCUT2D eigenvalue weighted by atomic mass is 9.94. The Morgan fingerprint density at radius 3 is 2.57 bits per heavy atom. The molecule has 3 heteroatoms. The summed E-state index contributed by atoms with van der Waals surface area (Å²) in [5.41, 5.74) is 1.63. The number of halogens is 2. The van der Waals surface area contributed by atoms with E-state index in [9.17, 15) is 0 Å². The first-order valence-corrected chi connectivity index (χ1v) is 6.99. The summed E-state index contributed by atoms with van der Waals surface area (Å²) in [5, 5.41) is 1.06. The Labute approximate surface area is 101 Å². The molecule has 1 saturated carbocycles. The maximum atomic E-state index is 5.57. The topological polar surface area (TPSA) is 3.24 Å². The van der Waals surface area contributed by atoms with Gasteiger partial charge in [-0.15, -0.1) is 0 Å². The molecule has 82 valence electrons. The molecule has 14 heavy (non-hydrogen) atoms. The van der Waals surface area contributed by atoms with Crippen molar-refractivity contribution in [1.29, 1.82) is 0 Å². The van der Waals surface area contributed by atoms with Crippen molar-refractivity contribution in [3.05, 3.63) is 11.6 Å². The molecule has 0 heterocycles. The molecule has 1 aliphatic rings. The number of nitrogens with zero attached hydrogens (tertiary/aromatic N) is 1. The molecular weight excluding hydrogens is 261 g/mol. The highest BCUT2D eigenvalue weighted by Gasteiger charge is 2.19. The van der Waals surface area contributed by atoms with E-state index in [0.717, 1.165) is 24.5 Å². The first-order chi connectivity index (χ1) is 6.88. The van der Waals surface area contributed by atoms with Crippen LogP contribution in [0.25, 0.3) is 0 Å². The number of alkyl halides is 1. The van der Waals surface area contributed by atoms with E-state index >= 15 is 0 Å². The minimum absolute atomic E-state index is 0.786. The molecular formula is C11H19BrClN. The Bertz CT molecular complexity index is 167. The van der Waals surface area contributed by atoms with Crippen LogP contribution in [0.15, 0.2) is 11.6 Å². The lowest BCUT2D eigenvalue weighted by Gasteiger charge is -2.33. The second-order valence-corrected chi connectivity index (χ2v) is 4.88. The van der Waals surface area contributed by atoms with Crippen LogP contribution in [0, 0.1) is 0 Å². The zero-order valence-corrected chi connectivity index (χ0v) is 10.9. The Morgan fingerprint density at radius 1 is 1.29 bits per heavy atom. The highest BCUT2D eigenvalue weighted by Crippen LogP contribution is 2.22. The van der Waals surface area contributed by atoms with Crippen LogP contribution in [-0.4, -0.2) is 29.4 Å². The van der Waals surface area contributed by atoms with E-state index in [4.69, 9.17) is 11.6 Å². The van der Waals surface area contributed by atoms with Crippen LogP contribution < -0.4 is 0 Å². The van der Waals surface area contributed by atoms with Crippen LogP contribution in [0.2, 0.25) is 0 Å². The normalized spacial score (nSPS) is 19.6. The number of hydrogen-bond donors (Lipinski definition) is 0. The number of hydrogen-bond acceptors (Lipinski definition) is 1. The third-order valence-electron chi connectivity index (χ3n) is 2.89. The molecule has 0 N–H and O–H groups in total. The lowest BCUT2D eigenvalue weighted by Crippen LogP contribution is -2.38. The van der Waals surface area contributed by atoms with E-state index in [1.54, 1.807) is 5.54 Å². The van der Waals surface area contributed by atoms with E-state index in [2.05, 4.69) is 20.8 Å². The fraction of sp³-hybridized carbons (Fsp3) is 0.818. The Hall–Kier alpha value is 0.470. The summed E-state index contributed by atoms with van der Waals surface area (Å²) >= 11 is 9.08. The standard InChI is InChI=1S/C11H19BrClN/c12-7-10-14(9-4-8-13)11-5-2-1-3-6-11/h4,8,11H,1-3,5-7,9-10H2/b8-4+. The second kappa shape index (κ2) is 7.72. The summed E-state index contributed by atoms with van der Waals surface area (Å²) in [6.07, 6.45) is 8.98. The van der Waals surface area contributed by atoms with Gasteiger partial charge in [0.1, 0.15) is 0 Å². The minimum atomic E-state index is 0.786. The molecule has 0 amide bonds. The highest BCUT2D eigenvalue weighted by atomic mass is 79.9. The molecule has 0 aromatic carbocycles. The van der Waals surface area contributed by atoms with Crippen molar-refractivity contribution in [3.63, 3.8) is 0 Å². The van der Waals surface area contributed by atoms with Crippen molar-refractivity contribution in [2.45, 2.75) is 38.1 Å². The van der Waals surface area contributed by atoms with Gasteiger partial charge in [-0.3, -0.25) is 4.90 Å². The van der Waals surface area contributed by atoms with Gasteiger partial charge in [-0.2, -0.15) is 0 Å². The third-order valence-corrected chi connectivity index (χ3v) is 3.42. The van der Waals surface area contributed by atoms with Crippen molar-refractivity contribution < 1.29 is 0 Å². The fourth-order valence-corrected chi connectivity index (χ4v) is 2.69. The van der Waals surface area contributed by atoms with Crippen LogP contribution in [0.1, 0.15) is 32.1 Å². The predicted molar refractivity (Wildman–Crippen MR) is 67.2 cm³/mol. The van der Waals surface area contributed by atoms with Crippen molar-refractivity contribution in [3.8, 4) is 0 Å². The summed E-state index contributed by atoms with van der Waals surface area (Å²) in [4.78, 5) is 2.53. The van der Waals surface area contributed by atoms with Crippen LogP contribution in [0.4, 0.5) is 0 Å². The van der Waals surface area contributed by atoms with Crippen LogP contribution >= 0.6 is 27.5 Å². The van der Waals surface area contributed by atoms with Crippen molar-refractivity contribution >= 4 is 27.5 Å². The molecule has 0 aromatic rings. The van der Waals surface area contributed by atoms with Crippen molar-refractivity contribution in [1.82, 2.24) is 4.90 Å². The maximum absolute atomic E-state index is 5.57. The summed E-state index contributed by atoms with van der Waals surface area (Å²) in [5.74, 6) is 0. The van der Waals surface area contributed by atoms with Gasteiger partial charge in [-0.1, -0.05) is 52.9 Å². The molecule has 0 unspecified atom stereocenters. The van der Waals surface area contributed by atoms with E-state index in [1.165, 1.54) is 32.1 Å². The summed E-state index contributed by atoms with van der Waals surface area (Å²) in [6.45, 7) is 2.13. The average molecular weight is 281 g/mol. The minimum Gasteiger partial charge on any atom is -0.296 e. The zero-order chi connectivity index (χ0) is 10.2. The van der Waals surface area contributed by atoms with Gasteiger partial charge in [-0.25, -0.2) is 0 Å². The van der Waals surface area contributed by atoms with Crippen LogP contribution in [-0.2, 0) is 0 Å². The Morgan fingerprint density at radius 2 is 2.00 bits per heavy atom. The quantitative estimate of drug-likeness (QED) is 0.693. The highest BCUT2D eigenvalue weighted by molar-refractivity contribution is 9.09. The zero-order valence-electron chi connectivity index (χ0n) is 8.59. The fourth-order valence-electron chi connectivity index (χ4n) is 2.15. The lowest BCUT2D eigenvalue weighted by molar-refractivity contribution is 0.182. The molecule has 0 aliphatic heterocycles. The van der Waals surface area contributed by atoms with Crippen molar-refractivity contribution in [2.75, 3.05) is 18.4 Å². The van der Waals surface area contributed by atoms with Gasteiger partial charge in [0.2, 0.25) is 0 Å². The van der Waals surface area contributed by atoms with E-state index in [0.29, 0.717) is 0 Å². The first-order valence-electron chi connectivity index (χ1n) is 5.43. The van der Waals surface area contributed by atoms with Crippen LogP contribution in [0.5, 0.6) is 0 Å². The maximum Gasteiger partial charge on any atom is 0.0178 e. The summed E-state index contributed by atoms with van der Waals surface area (Å²) in [7, 11) is 0. The van der Waals surface area contributed by atoms with E-state index < -0.39 is 0 Å². The largest absolute Gasteiger partial charge is 0.296 e. The molecule has 1 fully saturated rings. The number of rotatable bonds is 5. The monoisotopic (exact) mass is 279 g/mol. The first kappa shape index (κ1) is 12.5. The average Bonchev–Trinajstić information content (AvgIpc) is 2.25. The molecule has 0 saturated heterocycles. The van der Waals surface area contributed by atoms with Gasteiger partial charge in [0.05, 0.1) is 0 Å². The molecule has 0 spiro atoms. The third kappa shape index (κ3) is 4.33. The van der Waals surface area contributed by atoms with Gasteiger partial charge in [0, 0.05) is 30.0 Å². The smallest absolute Gasteiger partial charge is 0.0178 e. The Balaban J connectivity index is 2.38. The summed E-state index contributed by atoms with van der Waals surface area (Å²) < 4.78 is 0. The Kier molecular flexibility index (Phi) is 6.92. The summed E-state index contributed by atoms with van der Waals surface area (Å²) in [6, 6.07) is 0.786. The molecule has 0 bridgehead atoms. The SMILES string of the molecule is Cl/C=C/CN(CCBr)C1CCCCC1. The van der Waals surface area contributed by atoms with Gasteiger partial charge >= 0.3 is 0 Å². The molecule has 0 atom stereocenters. The molecule has 0 aromatic heterocycles. The van der Waals surface area contributed by atoms with Crippen molar-refractivity contribution in [2.24, 2.45) is 0 Å². The van der Waals surface area contributed by atoms with Crippen LogP contribution in [0.3, 0.4) is 0 Å². The molecule has 1 aliphatic carbocycles. The van der Waals surface area contributed by atoms with Gasteiger partial charge in [0.15, 0.2) is 0 Å².